The van der Waals surface area contributed by atoms with Gasteiger partial charge in [0.15, 0.2) is 8.32 Å². The van der Waals surface area contributed by atoms with Crippen molar-refractivity contribution >= 4 is 20.3 Å². The molecule has 0 fully saturated rings. The van der Waals surface area contributed by atoms with E-state index in [9.17, 15) is 9.59 Å². The molecule has 162 valence electrons. The van der Waals surface area contributed by atoms with Crippen molar-refractivity contribution in [2.45, 2.75) is 104 Å². The van der Waals surface area contributed by atoms with E-state index in [4.69, 9.17) is 13.9 Å². The van der Waals surface area contributed by atoms with Crippen LogP contribution in [0.2, 0.25) is 18.1 Å². The number of hydrogen-bond donors (Lipinski definition) is 0. The Labute approximate surface area is 172 Å². The smallest absolute Gasteiger partial charge is 0.330 e. The minimum absolute atomic E-state index is 0.0547. The maximum Gasteiger partial charge on any atom is 0.330 e. The van der Waals surface area contributed by atoms with Crippen molar-refractivity contribution in [2.24, 2.45) is 0 Å². The molecule has 28 heavy (non-hydrogen) atoms. The molecule has 0 heterocycles. The summed E-state index contributed by atoms with van der Waals surface area (Å²) in [5, 5.41) is 0.159. The average molecular weight is 413 g/mol. The van der Waals surface area contributed by atoms with Gasteiger partial charge in [0, 0.05) is 24.7 Å². The lowest BCUT2D eigenvalue weighted by Gasteiger charge is -2.38. The van der Waals surface area contributed by atoms with Gasteiger partial charge >= 0.3 is 11.9 Å². The van der Waals surface area contributed by atoms with Gasteiger partial charge in [-0.3, -0.25) is 0 Å². The zero-order valence-corrected chi connectivity index (χ0v) is 20.4. The molecular formula is C22H40O5Si. The molecule has 0 aromatic heterocycles. The van der Waals surface area contributed by atoms with E-state index in [1.54, 1.807) is 19.1 Å². The van der Waals surface area contributed by atoms with Gasteiger partial charge in [0.25, 0.3) is 0 Å². The highest BCUT2D eigenvalue weighted by Gasteiger charge is 2.38. The first-order valence-electron chi connectivity index (χ1n) is 9.98. The van der Waals surface area contributed by atoms with Crippen molar-refractivity contribution in [3.8, 4) is 0 Å². The van der Waals surface area contributed by atoms with Crippen molar-refractivity contribution < 1.29 is 23.5 Å². The van der Waals surface area contributed by atoms with Crippen LogP contribution in [0.5, 0.6) is 0 Å². The van der Waals surface area contributed by atoms with Crippen molar-refractivity contribution in [3.05, 3.63) is 24.3 Å². The van der Waals surface area contributed by atoms with Gasteiger partial charge < -0.3 is 13.9 Å². The molecule has 0 aliphatic rings. The van der Waals surface area contributed by atoms with E-state index in [2.05, 4.69) is 33.9 Å². The molecule has 0 bridgehead atoms. The molecule has 0 aromatic rings. The second kappa shape index (κ2) is 11.0. The Morgan fingerprint density at radius 2 is 1.32 bits per heavy atom. The zero-order valence-electron chi connectivity index (χ0n) is 19.4. The largest absolute Gasteiger partial charge is 0.459 e. The molecule has 0 saturated carbocycles. The monoisotopic (exact) mass is 412 g/mol. The van der Waals surface area contributed by atoms with Gasteiger partial charge in [-0.2, -0.15) is 0 Å². The van der Waals surface area contributed by atoms with Crippen molar-refractivity contribution in [1.29, 1.82) is 0 Å². The molecule has 0 radical (unpaired) electrons. The van der Waals surface area contributed by atoms with E-state index in [0.29, 0.717) is 12.8 Å². The van der Waals surface area contributed by atoms with E-state index in [1.807, 2.05) is 27.7 Å². The van der Waals surface area contributed by atoms with Crippen molar-refractivity contribution in [2.75, 3.05) is 0 Å². The van der Waals surface area contributed by atoms with Crippen LogP contribution in [0.4, 0.5) is 0 Å². The summed E-state index contributed by atoms with van der Waals surface area (Å²) in [6.45, 7) is 20.3. The second-order valence-corrected chi connectivity index (χ2v) is 14.5. The van der Waals surface area contributed by atoms with Crippen LogP contribution in [0.25, 0.3) is 0 Å². The molecule has 0 amide bonds. The predicted octanol–water partition coefficient (Wildman–Crippen LogP) is 5.56. The molecular weight excluding hydrogens is 372 g/mol. The fourth-order valence-corrected chi connectivity index (χ4v) is 3.52. The standard InChI is InChI=1S/C22H40O5Si/c1-17(13-11-16-20(24)26-21(3,4)5)25-19(23)15-12-14-18(2)27-28(9,10)22(6,7)8/h11-12,15-18H,13-14H2,1-10H3. The first-order chi connectivity index (χ1) is 12.5. The van der Waals surface area contributed by atoms with E-state index in [1.165, 1.54) is 12.2 Å². The first kappa shape index (κ1) is 26.6. The lowest BCUT2D eigenvalue weighted by Crippen LogP contribution is -2.43. The van der Waals surface area contributed by atoms with Crippen molar-refractivity contribution in [1.82, 2.24) is 0 Å². The number of hydrogen-bond acceptors (Lipinski definition) is 5. The molecule has 0 N–H and O–H groups in total. The Morgan fingerprint density at radius 1 is 0.857 bits per heavy atom. The van der Waals surface area contributed by atoms with Crippen molar-refractivity contribution in [3.63, 3.8) is 0 Å². The second-order valence-electron chi connectivity index (χ2n) is 9.75. The summed E-state index contributed by atoms with van der Waals surface area (Å²) >= 11 is 0. The van der Waals surface area contributed by atoms with E-state index in [-0.39, 0.29) is 17.2 Å². The molecule has 0 spiro atoms. The molecule has 0 rings (SSSR count). The fourth-order valence-electron chi connectivity index (χ4n) is 2.06. The van der Waals surface area contributed by atoms with Crippen LogP contribution < -0.4 is 0 Å². The van der Waals surface area contributed by atoms with E-state index < -0.39 is 25.9 Å². The fraction of sp³-hybridized carbons (Fsp3) is 0.727. The van der Waals surface area contributed by atoms with Gasteiger partial charge in [-0.25, -0.2) is 9.59 Å². The maximum absolute atomic E-state index is 11.9. The summed E-state index contributed by atoms with van der Waals surface area (Å²) in [7, 11) is -1.81. The summed E-state index contributed by atoms with van der Waals surface area (Å²) in [5.41, 5.74) is -0.518. The summed E-state index contributed by atoms with van der Waals surface area (Å²) < 4.78 is 16.7. The molecule has 0 aromatic carbocycles. The van der Waals surface area contributed by atoms with Crippen LogP contribution >= 0.6 is 0 Å². The normalized spacial score (nSPS) is 15.6. The quantitative estimate of drug-likeness (QED) is 0.282. The van der Waals surface area contributed by atoms with E-state index in [0.717, 1.165) is 0 Å². The number of carbonyl (C=O) groups is 2. The molecule has 5 nitrogen and oxygen atoms in total. The SMILES string of the molecule is CC(CC=CC(=O)OC(C)(C)C)OC(=O)C=CCC(C)O[Si](C)(C)C(C)(C)C. The predicted molar refractivity (Wildman–Crippen MR) is 117 cm³/mol. The summed E-state index contributed by atoms with van der Waals surface area (Å²) in [4.78, 5) is 23.5. The van der Waals surface area contributed by atoms with Crippen LogP contribution in [-0.4, -0.2) is 38.1 Å². The third-order valence-corrected chi connectivity index (χ3v) is 9.07. The number of rotatable bonds is 9. The summed E-state index contributed by atoms with van der Waals surface area (Å²) in [6, 6.07) is 0. The van der Waals surface area contributed by atoms with Crippen LogP contribution in [0.1, 0.15) is 68.2 Å². The maximum atomic E-state index is 11.9. The first-order valence-corrected chi connectivity index (χ1v) is 12.9. The highest BCUT2D eigenvalue weighted by atomic mass is 28.4. The Bertz CT molecular complexity index is 564. The molecule has 0 aliphatic heterocycles. The van der Waals surface area contributed by atoms with E-state index >= 15 is 0 Å². The summed E-state index contributed by atoms with van der Waals surface area (Å²) in [6.07, 6.45) is 7.10. The van der Waals surface area contributed by atoms with Crippen LogP contribution in [-0.2, 0) is 23.5 Å². The third kappa shape index (κ3) is 12.1. The number of carbonyl (C=O) groups excluding carboxylic acids is 2. The van der Waals surface area contributed by atoms with Gasteiger partial charge in [0.05, 0.1) is 0 Å². The van der Waals surface area contributed by atoms with Gasteiger partial charge in [0.1, 0.15) is 11.7 Å². The lowest BCUT2D eigenvalue weighted by molar-refractivity contribution is -0.148. The Balaban J connectivity index is 4.31. The van der Waals surface area contributed by atoms with Gasteiger partial charge in [-0.15, -0.1) is 0 Å². The van der Waals surface area contributed by atoms with Crippen LogP contribution in [0.3, 0.4) is 0 Å². The molecule has 0 aliphatic carbocycles. The lowest BCUT2D eigenvalue weighted by atomic mass is 10.2. The zero-order chi connectivity index (χ0) is 22.2. The molecule has 2 unspecified atom stereocenters. The average Bonchev–Trinajstić information content (AvgIpc) is 2.43. The minimum Gasteiger partial charge on any atom is -0.459 e. The molecule has 6 heteroatoms. The number of esters is 2. The summed E-state index contributed by atoms with van der Waals surface area (Å²) in [5.74, 6) is -0.792. The molecule has 2 atom stereocenters. The Hall–Kier alpha value is -1.40. The van der Waals surface area contributed by atoms with Crippen LogP contribution in [0.15, 0.2) is 24.3 Å². The Morgan fingerprint density at radius 3 is 1.79 bits per heavy atom. The molecule has 0 saturated heterocycles. The number of ether oxygens (including phenoxy) is 2. The van der Waals surface area contributed by atoms with Gasteiger partial charge in [-0.05, 0) is 59.2 Å². The third-order valence-electron chi connectivity index (χ3n) is 4.47. The Kier molecular flexibility index (Phi) is 10.4. The topological polar surface area (TPSA) is 61.8 Å². The highest BCUT2D eigenvalue weighted by Crippen LogP contribution is 2.37. The van der Waals surface area contributed by atoms with Gasteiger partial charge in [0.2, 0.25) is 0 Å². The van der Waals surface area contributed by atoms with Gasteiger partial charge in [-0.1, -0.05) is 32.9 Å². The van der Waals surface area contributed by atoms with Crippen LogP contribution in [0, 0.1) is 0 Å². The highest BCUT2D eigenvalue weighted by molar-refractivity contribution is 6.74. The minimum atomic E-state index is -1.81.